The fraction of sp³-hybridized carbons (Fsp3) is 0.286. The molecule has 11 heteroatoms. The minimum atomic E-state index is -3.86. The molecule has 2 heterocycles. The summed E-state index contributed by atoms with van der Waals surface area (Å²) >= 11 is 15.8. The molecule has 1 aromatic heterocycles. The average molecular weight is 650 g/mol. The van der Waals surface area contributed by atoms with Crippen molar-refractivity contribution < 1.29 is 8.42 Å². The number of hydrogen-bond acceptors (Lipinski definition) is 5. The summed E-state index contributed by atoms with van der Waals surface area (Å²) in [4.78, 5) is 21.0. The van der Waals surface area contributed by atoms with E-state index in [1.807, 2.05) is 49.4 Å². The molecule has 1 fully saturated rings. The summed E-state index contributed by atoms with van der Waals surface area (Å²) in [6.45, 7) is 5.11. The number of sulfonamides is 1. The van der Waals surface area contributed by atoms with Crippen molar-refractivity contribution in [3.8, 4) is 5.69 Å². The number of rotatable bonds is 6. The van der Waals surface area contributed by atoms with Crippen LogP contribution in [0.15, 0.2) is 80.9 Å². The second-order valence-corrected chi connectivity index (χ2v) is 13.2. The number of para-hydroxylation sites is 1. The van der Waals surface area contributed by atoms with Crippen LogP contribution in [-0.2, 0) is 10.0 Å². The zero-order valence-corrected chi connectivity index (χ0v) is 25.3. The number of piperazine rings is 1. The summed E-state index contributed by atoms with van der Waals surface area (Å²) in [6.07, 6.45) is 0.681. The number of halogens is 3. The minimum absolute atomic E-state index is 0.00396. The lowest BCUT2D eigenvalue weighted by atomic mass is 10.1. The van der Waals surface area contributed by atoms with Crippen LogP contribution >= 0.6 is 39.1 Å². The van der Waals surface area contributed by atoms with E-state index in [1.54, 1.807) is 16.7 Å². The van der Waals surface area contributed by atoms with E-state index in [2.05, 4.69) is 27.8 Å². The first-order valence-corrected chi connectivity index (χ1v) is 15.6. The maximum atomic E-state index is 13.8. The summed E-state index contributed by atoms with van der Waals surface area (Å²) in [6, 6.07) is 18.8. The van der Waals surface area contributed by atoms with Gasteiger partial charge in [0.05, 0.1) is 27.7 Å². The lowest BCUT2D eigenvalue weighted by Crippen LogP contribution is -2.55. The van der Waals surface area contributed by atoms with Crippen molar-refractivity contribution in [2.24, 2.45) is 0 Å². The maximum Gasteiger partial charge on any atom is 0.266 e. The Morgan fingerprint density at radius 1 is 1.05 bits per heavy atom. The molecule has 3 aromatic carbocycles. The van der Waals surface area contributed by atoms with Gasteiger partial charge >= 0.3 is 0 Å². The predicted octanol–water partition coefficient (Wildman–Crippen LogP) is 6.30. The van der Waals surface area contributed by atoms with E-state index in [9.17, 15) is 13.2 Å². The standard InChI is InChI=1S/C28H27BrCl2N4O3S/c1-3-25(33-14-15-34(18(2)17-33)39(37,38)26-16-20(30)10-13-23(26)31)27-32-24-7-5-4-6-22(24)28(36)35(27)21-11-8-19(29)9-12-21/h4-13,16,18,25H,3,14-15,17H2,1-2H3. The van der Waals surface area contributed by atoms with Gasteiger partial charge in [0.1, 0.15) is 10.7 Å². The first kappa shape index (κ1) is 28.3. The zero-order valence-electron chi connectivity index (χ0n) is 21.4. The van der Waals surface area contributed by atoms with Crippen LogP contribution in [0.1, 0.15) is 32.1 Å². The highest BCUT2D eigenvalue weighted by atomic mass is 79.9. The molecule has 0 saturated carbocycles. The fourth-order valence-corrected chi connectivity index (χ4v) is 7.84. The molecule has 0 spiro atoms. The van der Waals surface area contributed by atoms with E-state index in [0.29, 0.717) is 41.3 Å². The van der Waals surface area contributed by atoms with Crippen LogP contribution in [0, 0.1) is 0 Å². The lowest BCUT2D eigenvalue weighted by Gasteiger charge is -2.42. The molecule has 5 rings (SSSR count). The number of fused-ring (bicyclic) bond motifs is 1. The third-order valence-corrected chi connectivity index (χ3v) is 10.3. The number of hydrogen-bond donors (Lipinski definition) is 0. The monoisotopic (exact) mass is 648 g/mol. The summed E-state index contributed by atoms with van der Waals surface area (Å²) < 4.78 is 31.2. The van der Waals surface area contributed by atoms with Gasteiger partial charge in [-0.25, -0.2) is 13.4 Å². The van der Waals surface area contributed by atoms with Crippen LogP contribution in [0.5, 0.6) is 0 Å². The van der Waals surface area contributed by atoms with E-state index in [4.69, 9.17) is 28.2 Å². The van der Waals surface area contributed by atoms with Crippen molar-refractivity contribution in [2.75, 3.05) is 19.6 Å². The second kappa shape index (κ2) is 11.3. The molecule has 1 saturated heterocycles. The Hall–Kier alpha value is -2.27. The van der Waals surface area contributed by atoms with Crippen LogP contribution < -0.4 is 5.56 Å². The molecule has 204 valence electrons. The zero-order chi connectivity index (χ0) is 27.9. The maximum absolute atomic E-state index is 13.8. The van der Waals surface area contributed by atoms with Gasteiger partial charge in [0, 0.05) is 35.2 Å². The average Bonchev–Trinajstić information content (AvgIpc) is 2.91. The van der Waals surface area contributed by atoms with Crippen molar-refractivity contribution >= 4 is 60.1 Å². The van der Waals surface area contributed by atoms with E-state index in [-0.39, 0.29) is 34.1 Å². The smallest absolute Gasteiger partial charge is 0.266 e. The van der Waals surface area contributed by atoms with Gasteiger partial charge in [-0.05, 0) is 67.9 Å². The summed E-state index contributed by atoms with van der Waals surface area (Å²) in [5, 5.41) is 0.990. The molecule has 1 aliphatic heterocycles. The van der Waals surface area contributed by atoms with Gasteiger partial charge in [-0.3, -0.25) is 14.3 Å². The molecular formula is C28H27BrCl2N4O3S. The van der Waals surface area contributed by atoms with Crippen LogP contribution in [0.4, 0.5) is 0 Å². The summed E-state index contributed by atoms with van der Waals surface area (Å²) in [5.74, 6) is 0.630. The Morgan fingerprint density at radius 3 is 2.46 bits per heavy atom. The second-order valence-electron chi connectivity index (χ2n) is 9.56. The molecule has 2 unspecified atom stereocenters. The van der Waals surface area contributed by atoms with Crippen LogP contribution in [0.3, 0.4) is 0 Å². The topological polar surface area (TPSA) is 75.5 Å². The van der Waals surface area contributed by atoms with Crippen molar-refractivity contribution in [1.82, 2.24) is 18.8 Å². The van der Waals surface area contributed by atoms with Crippen molar-refractivity contribution in [3.05, 3.63) is 97.4 Å². The number of benzene rings is 3. The fourth-order valence-electron chi connectivity index (χ4n) is 5.23. The molecule has 0 aliphatic carbocycles. The van der Waals surface area contributed by atoms with Crippen LogP contribution in [0.25, 0.3) is 16.6 Å². The Labute approximate surface area is 246 Å². The van der Waals surface area contributed by atoms with Gasteiger partial charge in [0.25, 0.3) is 5.56 Å². The quantitative estimate of drug-likeness (QED) is 0.245. The first-order valence-electron chi connectivity index (χ1n) is 12.6. The SMILES string of the molecule is CCC(c1nc2ccccc2c(=O)n1-c1ccc(Br)cc1)N1CCN(S(=O)(=O)c2cc(Cl)ccc2Cl)C(C)C1. The Balaban J connectivity index is 1.53. The predicted molar refractivity (Wildman–Crippen MR) is 159 cm³/mol. The first-order chi connectivity index (χ1) is 18.6. The molecule has 0 radical (unpaired) electrons. The molecule has 4 aromatic rings. The van der Waals surface area contributed by atoms with E-state index in [0.717, 1.165) is 10.2 Å². The van der Waals surface area contributed by atoms with Crippen molar-refractivity contribution in [2.45, 2.75) is 37.2 Å². The highest BCUT2D eigenvalue weighted by Gasteiger charge is 2.38. The normalized spacial score (nSPS) is 17.9. The Kier molecular flexibility index (Phi) is 8.20. The molecule has 0 N–H and O–H groups in total. The van der Waals surface area contributed by atoms with Gasteiger partial charge in [-0.2, -0.15) is 4.31 Å². The lowest BCUT2D eigenvalue weighted by molar-refractivity contribution is 0.0945. The van der Waals surface area contributed by atoms with Gasteiger partial charge in [0.2, 0.25) is 10.0 Å². The third kappa shape index (κ3) is 5.40. The van der Waals surface area contributed by atoms with E-state index in [1.165, 1.54) is 16.4 Å². The highest BCUT2D eigenvalue weighted by Crippen LogP contribution is 2.33. The largest absolute Gasteiger partial charge is 0.291 e. The van der Waals surface area contributed by atoms with Crippen LogP contribution in [0.2, 0.25) is 10.0 Å². The minimum Gasteiger partial charge on any atom is -0.291 e. The Morgan fingerprint density at radius 2 is 1.77 bits per heavy atom. The molecule has 2 atom stereocenters. The molecule has 0 amide bonds. The Bertz CT molecular complexity index is 1700. The van der Waals surface area contributed by atoms with Crippen LogP contribution in [-0.4, -0.2) is 52.9 Å². The van der Waals surface area contributed by atoms with Gasteiger partial charge in [-0.1, -0.05) is 58.2 Å². The van der Waals surface area contributed by atoms with Gasteiger partial charge in [-0.15, -0.1) is 0 Å². The summed E-state index contributed by atoms with van der Waals surface area (Å²) in [7, 11) is -3.86. The van der Waals surface area contributed by atoms with Crippen molar-refractivity contribution in [1.29, 1.82) is 0 Å². The number of aromatic nitrogens is 2. The molecule has 7 nitrogen and oxygen atoms in total. The molecule has 1 aliphatic rings. The van der Waals surface area contributed by atoms with Gasteiger partial charge < -0.3 is 0 Å². The highest BCUT2D eigenvalue weighted by molar-refractivity contribution is 9.10. The molecule has 39 heavy (non-hydrogen) atoms. The van der Waals surface area contributed by atoms with E-state index < -0.39 is 10.0 Å². The van der Waals surface area contributed by atoms with E-state index >= 15 is 0 Å². The number of nitrogens with zero attached hydrogens (tertiary/aromatic N) is 4. The third-order valence-electron chi connectivity index (χ3n) is 7.09. The summed E-state index contributed by atoms with van der Waals surface area (Å²) in [5.41, 5.74) is 1.22. The van der Waals surface area contributed by atoms with Gasteiger partial charge in [0.15, 0.2) is 0 Å². The molecule has 0 bridgehead atoms. The molecular weight excluding hydrogens is 623 g/mol. The van der Waals surface area contributed by atoms with Crippen molar-refractivity contribution in [3.63, 3.8) is 0 Å².